The van der Waals surface area contributed by atoms with E-state index in [9.17, 15) is 10.1 Å². The summed E-state index contributed by atoms with van der Waals surface area (Å²) in [6.07, 6.45) is 7.74. The van der Waals surface area contributed by atoms with E-state index in [1.165, 1.54) is 7.11 Å². The summed E-state index contributed by atoms with van der Waals surface area (Å²) < 4.78 is 5.11. The van der Waals surface area contributed by atoms with Crippen LogP contribution in [-0.4, -0.2) is 34.0 Å². The molecule has 0 unspecified atom stereocenters. The van der Waals surface area contributed by atoms with Crippen molar-refractivity contribution < 1.29 is 9.66 Å². The van der Waals surface area contributed by atoms with E-state index < -0.39 is 4.92 Å². The third kappa shape index (κ3) is 5.02. The molecule has 0 spiro atoms. The number of pyridine rings is 1. The molecule has 7 nitrogen and oxygen atoms in total. The highest BCUT2D eigenvalue weighted by atomic mass is 16.6. The summed E-state index contributed by atoms with van der Waals surface area (Å²) in [5, 5.41) is 11.3. The number of hydrogen-bond acceptors (Lipinski definition) is 6. The first kappa shape index (κ1) is 19.3. The summed E-state index contributed by atoms with van der Waals surface area (Å²) in [7, 11) is 1.45. The second-order valence-electron chi connectivity index (χ2n) is 7.10. The number of nitrogens with two attached hydrogens (primary N) is 1. The highest BCUT2D eigenvalue weighted by Crippen LogP contribution is 2.30. The molecule has 0 amide bonds. The number of rotatable bonds is 7. The Kier molecular flexibility index (Phi) is 6.36. The summed E-state index contributed by atoms with van der Waals surface area (Å²) in [5.74, 6) is 0.284. The van der Waals surface area contributed by atoms with E-state index in [-0.39, 0.29) is 17.5 Å². The molecule has 27 heavy (non-hydrogen) atoms. The van der Waals surface area contributed by atoms with Crippen LogP contribution in [0.25, 0.3) is 0 Å². The first-order valence-corrected chi connectivity index (χ1v) is 9.26. The maximum Gasteiger partial charge on any atom is 0.311 e. The first-order valence-electron chi connectivity index (χ1n) is 9.26. The molecule has 0 radical (unpaired) electrons. The van der Waals surface area contributed by atoms with Gasteiger partial charge >= 0.3 is 5.69 Å². The van der Waals surface area contributed by atoms with Crippen LogP contribution in [0.2, 0.25) is 0 Å². The maximum atomic E-state index is 11.3. The van der Waals surface area contributed by atoms with E-state index >= 15 is 0 Å². The fourth-order valence-electron chi connectivity index (χ4n) is 3.72. The highest BCUT2D eigenvalue weighted by molar-refractivity contribution is 5.48. The van der Waals surface area contributed by atoms with Crippen LogP contribution >= 0.6 is 0 Å². The molecule has 2 N–H and O–H groups in total. The van der Waals surface area contributed by atoms with Crippen LogP contribution in [0.5, 0.6) is 5.75 Å². The molecule has 1 aromatic heterocycles. The third-order valence-corrected chi connectivity index (χ3v) is 5.19. The van der Waals surface area contributed by atoms with Crippen LogP contribution in [0.3, 0.4) is 0 Å². The van der Waals surface area contributed by atoms with Gasteiger partial charge in [0.05, 0.1) is 12.0 Å². The van der Waals surface area contributed by atoms with E-state index in [1.807, 2.05) is 18.3 Å². The molecule has 1 fully saturated rings. The van der Waals surface area contributed by atoms with Crippen molar-refractivity contribution in [2.45, 2.75) is 50.9 Å². The zero-order valence-corrected chi connectivity index (χ0v) is 15.6. The van der Waals surface area contributed by atoms with Gasteiger partial charge in [0.2, 0.25) is 0 Å². The number of nitro groups is 1. The molecule has 0 bridgehead atoms. The molecule has 0 aliphatic heterocycles. The Morgan fingerprint density at radius 3 is 2.59 bits per heavy atom. The van der Waals surface area contributed by atoms with Crippen LogP contribution < -0.4 is 10.5 Å². The van der Waals surface area contributed by atoms with Crippen molar-refractivity contribution in [1.29, 1.82) is 0 Å². The summed E-state index contributed by atoms with van der Waals surface area (Å²) in [6.45, 7) is 1.40. The Balaban J connectivity index is 1.82. The number of nitrogens with zero attached hydrogens (tertiary/aromatic N) is 3. The molecule has 1 aromatic carbocycles. The molecular formula is C20H26N4O3. The van der Waals surface area contributed by atoms with Crippen molar-refractivity contribution >= 4 is 5.69 Å². The summed E-state index contributed by atoms with van der Waals surface area (Å²) in [6, 6.07) is 9.87. The van der Waals surface area contributed by atoms with Gasteiger partial charge in [0.1, 0.15) is 0 Å². The molecule has 1 aliphatic carbocycles. The van der Waals surface area contributed by atoms with Gasteiger partial charge in [-0.25, -0.2) is 0 Å². The first-order chi connectivity index (χ1) is 13.1. The van der Waals surface area contributed by atoms with Gasteiger partial charge in [0.15, 0.2) is 5.75 Å². The van der Waals surface area contributed by atoms with Crippen molar-refractivity contribution in [3.8, 4) is 5.75 Å². The van der Waals surface area contributed by atoms with Crippen molar-refractivity contribution in [3.63, 3.8) is 0 Å². The number of nitro benzene ring substituents is 1. The van der Waals surface area contributed by atoms with Gasteiger partial charge in [0.25, 0.3) is 0 Å². The topological polar surface area (TPSA) is 94.5 Å². The molecule has 144 valence electrons. The third-order valence-electron chi connectivity index (χ3n) is 5.19. The molecule has 2 aromatic rings. The second kappa shape index (κ2) is 8.92. The zero-order valence-electron chi connectivity index (χ0n) is 15.6. The molecule has 1 aliphatic rings. The smallest absolute Gasteiger partial charge is 0.311 e. The van der Waals surface area contributed by atoms with E-state index in [1.54, 1.807) is 18.3 Å². The summed E-state index contributed by atoms with van der Waals surface area (Å²) in [4.78, 5) is 17.5. The fraction of sp³-hybridized carbons (Fsp3) is 0.450. The fourth-order valence-corrected chi connectivity index (χ4v) is 3.72. The lowest BCUT2D eigenvalue weighted by Gasteiger charge is -2.36. The molecule has 0 atom stereocenters. The van der Waals surface area contributed by atoms with Gasteiger partial charge in [-0.3, -0.25) is 20.0 Å². The van der Waals surface area contributed by atoms with E-state index in [0.29, 0.717) is 12.6 Å². The monoisotopic (exact) mass is 370 g/mol. The van der Waals surface area contributed by atoms with Gasteiger partial charge < -0.3 is 10.5 Å². The Hall–Kier alpha value is -2.51. The van der Waals surface area contributed by atoms with Crippen molar-refractivity contribution in [1.82, 2.24) is 9.88 Å². The van der Waals surface area contributed by atoms with Gasteiger partial charge in [-0.05, 0) is 48.9 Å². The van der Waals surface area contributed by atoms with Crippen molar-refractivity contribution in [2.24, 2.45) is 5.73 Å². The van der Waals surface area contributed by atoms with Crippen LogP contribution in [-0.2, 0) is 13.1 Å². The number of methoxy groups -OCH3 is 1. The lowest BCUT2D eigenvalue weighted by molar-refractivity contribution is -0.385. The van der Waals surface area contributed by atoms with E-state index in [4.69, 9.17) is 10.5 Å². The van der Waals surface area contributed by atoms with Crippen molar-refractivity contribution in [3.05, 3.63) is 64.0 Å². The van der Waals surface area contributed by atoms with Crippen LogP contribution in [0.15, 0.2) is 42.7 Å². The molecule has 0 saturated heterocycles. The van der Waals surface area contributed by atoms with E-state index in [0.717, 1.165) is 43.4 Å². The van der Waals surface area contributed by atoms with Crippen LogP contribution in [0.4, 0.5) is 5.69 Å². The highest BCUT2D eigenvalue weighted by Gasteiger charge is 2.25. The van der Waals surface area contributed by atoms with E-state index in [2.05, 4.69) is 16.0 Å². The Morgan fingerprint density at radius 1 is 1.22 bits per heavy atom. The summed E-state index contributed by atoms with van der Waals surface area (Å²) in [5.41, 5.74) is 8.11. The van der Waals surface area contributed by atoms with Gasteiger partial charge in [-0.15, -0.1) is 0 Å². The van der Waals surface area contributed by atoms with Gasteiger partial charge in [-0.1, -0.05) is 12.1 Å². The number of benzene rings is 1. The minimum Gasteiger partial charge on any atom is -0.490 e. The second-order valence-corrected chi connectivity index (χ2v) is 7.10. The molecule has 7 heteroatoms. The molecule has 3 rings (SSSR count). The largest absolute Gasteiger partial charge is 0.490 e. The Labute approximate surface area is 159 Å². The van der Waals surface area contributed by atoms with Crippen molar-refractivity contribution in [2.75, 3.05) is 7.11 Å². The number of ether oxygens (including phenoxy) is 1. The molecule has 1 saturated carbocycles. The minimum absolute atomic E-state index is 0.00185. The average molecular weight is 370 g/mol. The van der Waals surface area contributed by atoms with Crippen LogP contribution in [0, 0.1) is 10.1 Å². The van der Waals surface area contributed by atoms with Gasteiger partial charge in [0, 0.05) is 43.6 Å². The van der Waals surface area contributed by atoms with Crippen LogP contribution in [0.1, 0.15) is 36.8 Å². The predicted octanol–water partition coefficient (Wildman–Crippen LogP) is 3.27. The molecule has 1 heterocycles. The standard InChI is InChI=1S/C20H26N4O3/c1-27-20-9-4-15(11-19(20)24(25)26)13-23(14-16-3-2-10-22-12-16)18-7-5-17(21)6-8-18/h2-4,9-12,17-18H,5-8,13-14,21H2,1H3. The maximum absolute atomic E-state index is 11.3. The lowest BCUT2D eigenvalue weighted by atomic mass is 9.90. The SMILES string of the molecule is COc1ccc(CN(Cc2cccnc2)C2CCC(N)CC2)cc1[N+](=O)[O-]. The minimum atomic E-state index is -0.395. The summed E-state index contributed by atoms with van der Waals surface area (Å²) >= 11 is 0. The number of hydrogen-bond donors (Lipinski definition) is 1. The normalized spacial score (nSPS) is 19.8. The average Bonchev–Trinajstić information content (AvgIpc) is 2.69. The number of aromatic nitrogens is 1. The Morgan fingerprint density at radius 2 is 1.96 bits per heavy atom. The Bertz CT molecular complexity index is 761. The lowest BCUT2D eigenvalue weighted by Crippen LogP contribution is -2.40. The quantitative estimate of drug-likeness (QED) is 0.594. The van der Waals surface area contributed by atoms with Gasteiger partial charge in [-0.2, -0.15) is 0 Å². The predicted molar refractivity (Wildman–Crippen MR) is 103 cm³/mol. The zero-order chi connectivity index (χ0) is 19.2. The molecular weight excluding hydrogens is 344 g/mol.